The number of nitrogens with zero attached hydrogens (tertiary/aromatic N) is 2. The summed E-state index contributed by atoms with van der Waals surface area (Å²) in [5.74, 6) is -0.0672. The SMILES string of the molecule is CN(Cc1nc2ccccc2s1)C(=O)CCl. The molecule has 0 radical (unpaired) electrons. The summed E-state index contributed by atoms with van der Waals surface area (Å²) in [7, 11) is 1.73. The lowest BCUT2D eigenvalue weighted by Crippen LogP contribution is -2.26. The third-order valence-electron chi connectivity index (χ3n) is 2.25. The molecule has 84 valence electrons. The lowest BCUT2D eigenvalue weighted by Gasteiger charge is -2.13. The Balaban J connectivity index is 2.18. The first-order valence-corrected chi connectivity index (χ1v) is 6.20. The zero-order valence-electron chi connectivity index (χ0n) is 8.81. The number of hydrogen-bond donors (Lipinski definition) is 0. The highest BCUT2D eigenvalue weighted by Gasteiger charge is 2.10. The monoisotopic (exact) mass is 254 g/mol. The van der Waals surface area contributed by atoms with E-state index in [0.29, 0.717) is 6.54 Å². The maximum atomic E-state index is 11.3. The standard InChI is InChI=1S/C11H11ClN2OS/c1-14(11(15)6-12)7-10-13-8-4-2-3-5-9(8)16-10/h2-5H,6-7H2,1H3. The first-order valence-electron chi connectivity index (χ1n) is 4.85. The number of rotatable bonds is 3. The summed E-state index contributed by atoms with van der Waals surface area (Å²) >= 11 is 7.09. The highest BCUT2D eigenvalue weighted by Crippen LogP contribution is 2.22. The van der Waals surface area contributed by atoms with E-state index in [-0.39, 0.29) is 11.8 Å². The maximum Gasteiger partial charge on any atom is 0.237 e. The summed E-state index contributed by atoms with van der Waals surface area (Å²) in [6, 6.07) is 7.94. The Kier molecular flexibility index (Phi) is 3.41. The highest BCUT2D eigenvalue weighted by atomic mass is 35.5. The van der Waals surface area contributed by atoms with Crippen molar-refractivity contribution in [3.63, 3.8) is 0 Å². The van der Waals surface area contributed by atoms with Crippen LogP contribution in [0.25, 0.3) is 10.2 Å². The second kappa shape index (κ2) is 4.80. The molecule has 0 fully saturated rings. The normalized spacial score (nSPS) is 10.6. The van der Waals surface area contributed by atoms with Crippen molar-refractivity contribution < 1.29 is 4.79 Å². The van der Waals surface area contributed by atoms with Crippen LogP contribution in [0.2, 0.25) is 0 Å². The van der Waals surface area contributed by atoms with Gasteiger partial charge in [-0.2, -0.15) is 0 Å². The van der Waals surface area contributed by atoms with Gasteiger partial charge in [-0.05, 0) is 12.1 Å². The van der Waals surface area contributed by atoms with Crippen molar-refractivity contribution in [3.05, 3.63) is 29.3 Å². The van der Waals surface area contributed by atoms with E-state index in [2.05, 4.69) is 4.98 Å². The molecule has 5 heteroatoms. The predicted molar refractivity (Wildman–Crippen MR) is 66.8 cm³/mol. The van der Waals surface area contributed by atoms with Crippen LogP contribution in [0.1, 0.15) is 5.01 Å². The van der Waals surface area contributed by atoms with Crippen LogP contribution < -0.4 is 0 Å². The smallest absolute Gasteiger partial charge is 0.237 e. The fourth-order valence-corrected chi connectivity index (χ4v) is 2.61. The zero-order valence-corrected chi connectivity index (χ0v) is 10.4. The Morgan fingerprint density at radius 1 is 1.50 bits per heavy atom. The molecule has 1 aromatic carbocycles. The van der Waals surface area contributed by atoms with Gasteiger partial charge in [-0.15, -0.1) is 22.9 Å². The summed E-state index contributed by atoms with van der Waals surface area (Å²) < 4.78 is 1.14. The van der Waals surface area contributed by atoms with Crippen LogP contribution in [0, 0.1) is 0 Å². The number of halogens is 1. The largest absolute Gasteiger partial charge is 0.338 e. The molecule has 16 heavy (non-hydrogen) atoms. The fourth-order valence-electron chi connectivity index (χ4n) is 1.38. The molecule has 0 unspecified atom stereocenters. The van der Waals surface area contributed by atoms with Crippen LogP contribution in [-0.2, 0) is 11.3 Å². The number of carbonyl (C=O) groups excluding carboxylic acids is 1. The third kappa shape index (κ3) is 2.33. The van der Waals surface area contributed by atoms with Gasteiger partial charge >= 0.3 is 0 Å². The number of fused-ring (bicyclic) bond motifs is 1. The maximum absolute atomic E-state index is 11.3. The van der Waals surface area contributed by atoms with Crippen LogP contribution in [0.3, 0.4) is 0 Å². The van der Waals surface area contributed by atoms with E-state index in [9.17, 15) is 4.79 Å². The Hall–Kier alpha value is -1.13. The molecule has 0 aliphatic carbocycles. The van der Waals surface area contributed by atoms with Crippen LogP contribution in [0.4, 0.5) is 0 Å². The van der Waals surface area contributed by atoms with Crippen molar-refractivity contribution in [3.8, 4) is 0 Å². The fraction of sp³-hybridized carbons (Fsp3) is 0.273. The topological polar surface area (TPSA) is 33.2 Å². The number of hydrogen-bond acceptors (Lipinski definition) is 3. The van der Waals surface area contributed by atoms with E-state index in [1.807, 2.05) is 24.3 Å². The number of carbonyl (C=O) groups is 1. The van der Waals surface area contributed by atoms with Gasteiger partial charge in [-0.1, -0.05) is 12.1 Å². The first kappa shape index (κ1) is 11.4. The molecule has 1 amide bonds. The number of thiazole rings is 1. The van der Waals surface area contributed by atoms with Gasteiger partial charge < -0.3 is 4.90 Å². The summed E-state index contributed by atoms with van der Waals surface area (Å²) in [5, 5.41) is 0.933. The zero-order chi connectivity index (χ0) is 11.5. The van der Waals surface area contributed by atoms with Gasteiger partial charge in [-0.25, -0.2) is 4.98 Å². The third-order valence-corrected chi connectivity index (χ3v) is 3.50. The molecule has 0 aliphatic heterocycles. The molecule has 0 spiro atoms. The van der Waals surface area contributed by atoms with Crippen molar-refractivity contribution in [1.29, 1.82) is 0 Å². The lowest BCUT2D eigenvalue weighted by molar-refractivity contribution is -0.127. The van der Waals surface area contributed by atoms with Crippen LogP contribution in [-0.4, -0.2) is 28.7 Å². The minimum Gasteiger partial charge on any atom is -0.338 e. The number of para-hydroxylation sites is 1. The van der Waals surface area contributed by atoms with Crippen molar-refractivity contribution in [2.45, 2.75) is 6.54 Å². The molecule has 0 aliphatic rings. The Bertz CT molecular complexity index is 478. The van der Waals surface area contributed by atoms with Gasteiger partial charge in [0, 0.05) is 7.05 Å². The van der Waals surface area contributed by atoms with Crippen LogP contribution in [0.15, 0.2) is 24.3 Å². The Morgan fingerprint density at radius 2 is 2.25 bits per heavy atom. The first-order chi connectivity index (χ1) is 7.70. The molecule has 0 saturated heterocycles. The quantitative estimate of drug-likeness (QED) is 0.789. The molecule has 0 N–H and O–H groups in total. The number of aromatic nitrogens is 1. The molecule has 0 bridgehead atoms. The molecule has 2 aromatic rings. The lowest BCUT2D eigenvalue weighted by atomic mass is 10.3. The summed E-state index contributed by atoms with van der Waals surface area (Å²) in [5.41, 5.74) is 0.981. The molecule has 2 rings (SSSR count). The van der Waals surface area contributed by atoms with Gasteiger partial charge in [0.1, 0.15) is 10.9 Å². The number of amides is 1. The average molecular weight is 255 g/mol. The van der Waals surface area contributed by atoms with Gasteiger partial charge in [0.2, 0.25) is 5.91 Å². The van der Waals surface area contributed by atoms with Crippen molar-refractivity contribution in [2.24, 2.45) is 0 Å². The molecule has 1 aromatic heterocycles. The molecule has 1 heterocycles. The molecular formula is C11H11ClN2OS. The minimum atomic E-state index is -0.0825. The van der Waals surface area contributed by atoms with Crippen molar-refractivity contribution >= 4 is 39.1 Å². The van der Waals surface area contributed by atoms with Gasteiger partial charge in [0.05, 0.1) is 16.8 Å². The van der Waals surface area contributed by atoms with E-state index in [1.54, 1.807) is 23.3 Å². The summed E-state index contributed by atoms with van der Waals surface area (Å²) in [6.45, 7) is 0.519. The molecular weight excluding hydrogens is 244 g/mol. The van der Waals surface area contributed by atoms with E-state index in [1.165, 1.54) is 0 Å². The number of benzene rings is 1. The van der Waals surface area contributed by atoms with E-state index < -0.39 is 0 Å². The van der Waals surface area contributed by atoms with Crippen LogP contribution in [0.5, 0.6) is 0 Å². The molecule has 3 nitrogen and oxygen atoms in total. The summed E-state index contributed by atoms with van der Waals surface area (Å²) in [4.78, 5) is 17.3. The highest BCUT2D eigenvalue weighted by molar-refractivity contribution is 7.18. The molecule has 0 saturated carbocycles. The second-order valence-electron chi connectivity index (χ2n) is 3.46. The number of alkyl halides is 1. The van der Waals surface area contributed by atoms with Crippen molar-refractivity contribution in [2.75, 3.05) is 12.9 Å². The van der Waals surface area contributed by atoms with Gasteiger partial charge in [0.25, 0.3) is 0 Å². The van der Waals surface area contributed by atoms with E-state index >= 15 is 0 Å². The second-order valence-corrected chi connectivity index (χ2v) is 4.84. The average Bonchev–Trinajstić information content (AvgIpc) is 2.69. The van der Waals surface area contributed by atoms with Crippen molar-refractivity contribution in [1.82, 2.24) is 9.88 Å². The Labute approximate surface area is 103 Å². The Morgan fingerprint density at radius 3 is 2.94 bits per heavy atom. The van der Waals surface area contributed by atoms with Gasteiger partial charge in [0.15, 0.2) is 0 Å². The van der Waals surface area contributed by atoms with E-state index in [0.717, 1.165) is 15.2 Å². The summed E-state index contributed by atoms with van der Waals surface area (Å²) in [6.07, 6.45) is 0. The predicted octanol–water partition coefficient (Wildman–Crippen LogP) is 2.49. The van der Waals surface area contributed by atoms with E-state index in [4.69, 9.17) is 11.6 Å². The van der Waals surface area contributed by atoms with Gasteiger partial charge in [-0.3, -0.25) is 4.79 Å². The minimum absolute atomic E-state index is 0.0153. The molecule has 0 atom stereocenters. The van der Waals surface area contributed by atoms with Crippen LogP contribution >= 0.6 is 22.9 Å².